The summed E-state index contributed by atoms with van der Waals surface area (Å²) in [4.78, 5) is 33.3. The molecule has 1 aliphatic rings. The van der Waals surface area contributed by atoms with Crippen LogP contribution in [0.5, 0.6) is 5.75 Å². The standard InChI is InChI=1S/C35H25BrClIN2O4S/c1-2-43-34(42)29-30(22-11-5-3-6-12-22)39-35-40(31(29)23-13-7-4-8-14-23)33(41)28(45-35)18-24-17-25(36)19-27(38)32(24)44-20-21-10-9-15-26(37)16-21/h3-19,31H,2,20H2,1H3/b28-18-/t31-/m1/s1. The van der Waals surface area contributed by atoms with Gasteiger partial charge in [-0.2, -0.15) is 0 Å². The lowest BCUT2D eigenvalue weighted by Crippen LogP contribution is -2.40. The summed E-state index contributed by atoms with van der Waals surface area (Å²) in [6.07, 6.45) is 1.82. The minimum Gasteiger partial charge on any atom is -0.487 e. The predicted molar refractivity (Wildman–Crippen MR) is 190 cm³/mol. The van der Waals surface area contributed by atoms with Crippen molar-refractivity contribution in [3.05, 3.63) is 158 Å². The first-order valence-electron chi connectivity index (χ1n) is 14.0. The maximum atomic E-state index is 14.3. The maximum Gasteiger partial charge on any atom is 0.338 e. The van der Waals surface area contributed by atoms with E-state index in [4.69, 9.17) is 26.1 Å². The molecule has 1 atom stereocenters. The molecule has 0 aliphatic carbocycles. The minimum absolute atomic E-state index is 0.190. The highest BCUT2D eigenvalue weighted by atomic mass is 127. The lowest BCUT2D eigenvalue weighted by Gasteiger charge is -2.25. The molecule has 4 aromatic carbocycles. The predicted octanol–water partition coefficient (Wildman–Crippen LogP) is 7.54. The fourth-order valence-corrected chi connectivity index (χ4v) is 8.07. The largest absolute Gasteiger partial charge is 0.487 e. The van der Waals surface area contributed by atoms with Gasteiger partial charge >= 0.3 is 5.97 Å². The Bertz CT molecular complexity index is 2110. The number of ether oxygens (including phenoxy) is 2. The van der Waals surface area contributed by atoms with E-state index in [-0.39, 0.29) is 12.2 Å². The molecule has 0 bridgehead atoms. The fourth-order valence-electron chi connectivity index (χ4n) is 5.15. The Balaban J connectivity index is 1.55. The first kappa shape index (κ1) is 31.5. The number of aromatic nitrogens is 1. The minimum atomic E-state index is -0.736. The van der Waals surface area contributed by atoms with Gasteiger partial charge in [-0.05, 0) is 71.0 Å². The maximum absolute atomic E-state index is 14.3. The summed E-state index contributed by atoms with van der Waals surface area (Å²) in [6, 6.07) is 29.7. The van der Waals surface area contributed by atoms with Crippen LogP contribution in [0.1, 0.15) is 35.2 Å². The molecule has 1 aliphatic heterocycles. The summed E-state index contributed by atoms with van der Waals surface area (Å²) in [6.45, 7) is 2.26. The molecule has 6 rings (SSSR count). The van der Waals surface area contributed by atoms with Crippen molar-refractivity contribution in [2.45, 2.75) is 19.6 Å². The van der Waals surface area contributed by atoms with Crippen molar-refractivity contribution in [3.63, 3.8) is 0 Å². The van der Waals surface area contributed by atoms with Crippen LogP contribution in [0.4, 0.5) is 0 Å². The number of carbonyl (C=O) groups excluding carboxylic acids is 1. The molecule has 0 spiro atoms. The molecule has 0 radical (unpaired) electrons. The first-order valence-corrected chi connectivity index (χ1v) is 17.1. The van der Waals surface area contributed by atoms with Gasteiger partial charge in [0.2, 0.25) is 0 Å². The van der Waals surface area contributed by atoms with Crippen molar-refractivity contribution in [2.24, 2.45) is 4.99 Å². The highest BCUT2D eigenvalue weighted by molar-refractivity contribution is 14.1. The van der Waals surface area contributed by atoms with Gasteiger partial charge in [0.1, 0.15) is 12.4 Å². The second-order valence-corrected chi connectivity index (χ2v) is 13.6. The summed E-state index contributed by atoms with van der Waals surface area (Å²) in [5, 5.41) is 0.632. The van der Waals surface area contributed by atoms with E-state index in [0.717, 1.165) is 30.3 Å². The zero-order chi connectivity index (χ0) is 31.5. The molecule has 0 saturated carbocycles. The van der Waals surface area contributed by atoms with Crippen LogP contribution in [0.15, 0.2) is 117 Å². The van der Waals surface area contributed by atoms with Crippen molar-refractivity contribution < 1.29 is 14.3 Å². The van der Waals surface area contributed by atoms with Gasteiger partial charge in [0, 0.05) is 20.6 Å². The SMILES string of the molecule is CCOC(=O)C1=C(c2ccccc2)N=c2s/c(=C\c3cc(Br)cc(I)c3OCc3cccc(Cl)c3)c(=O)n2[C@@H]1c1ccccc1. The van der Waals surface area contributed by atoms with Gasteiger partial charge in [-0.25, -0.2) is 9.79 Å². The van der Waals surface area contributed by atoms with Crippen LogP contribution in [0, 0.1) is 3.57 Å². The average Bonchev–Trinajstić information content (AvgIpc) is 3.34. The molecule has 6 nitrogen and oxygen atoms in total. The van der Waals surface area contributed by atoms with E-state index in [2.05, 4.69) is 38.5 Å². The second kappa shape index (κ2) is 13.9. The molecule has 2 heterocycles. The number of fused-ring (bicyclic) bond motifs is 1. The van der Waals surface area contributed by atoms with E-state index in [9.17, 15) is 9.59 Å². The van der Waals surface area contributed by atoms with Gasteiger partial charge in [-0.3, -0.25) is 9.36 Å². The van der Waals surface area contributed by atoms with Gasteiger partial charge in [0.05, 0.1) is 32.0 Å². The molecule has 0 unspecified atom stereocenters. The molecule has 0 amide bonds. The molecule has 45 heavy (non-hydrogen) atoms. The monoisotopic (exact) mass is 810 g/mol. The third-order valence-electron chi connectivity index (χ3n) is 7.08. The summed E-state index contributed by atoms with van der Waals surface area (Å²) in [5.41, 5.74) is 3.72. The van der Waals surface area contributed by atoms with Gasteiger partial charge in [0.25, 0.3) is 5.56 Å². The lowest BCUT2D eigenvalue weighted by atomic mass is 9.93. The van der Waals surface area contributed by atoms with E-state index >= 15 is 0 Å². The lowest BCUT2D eigenvalue weighted by molar-refractivity contribution is -0.138. The van der Waals surface area contributed by atoms with Crippen molar-refractivity contribution in [1.82, 2.24) is 4.57 Å². The van der Waals surface area contributed by atoms with E-state index in [1.54, 1.807) is 11.5 Å². The third-order valence-corrected chi connectivity index (χ3v) is 9.56. The third kappa shape index (κ3) is 6.72. The van der Waals surface area contributed by atoms with Crippen LogP contribution in [-0.2, 0) is 16.1 Å². The van der Waals surface area contributed by atoms with Gasteiger partial charge in [-0.1, -0.05) is 112 Å². The zero-order valence-corrected chi connectivity index (χ0v) is 29.2. The highest BCUT2D eigenvalue weighted by Gasteiger charge is 2.35. The summed E-state index contributed by atoms with van der Waals surface area (Å²) in [7, 11) is 0. The number of thiazole rings is 1. The van der Waals surface area contributed by atoms with E-state index in [1.165, 1.54) is 11.3 Å². The number of esters is 1. The number of hydrogen-bond acceptors (Lipinski definition) is 6. The molecule has 5 aromatic rings. The number of benzene rings is 4. The van der Waals surface area contributed by atoms with Crippen molar-refractivity contribution >= 4 is 79.2 Å². The van der Waals surface area contributed by atoms with E-state index in [0.29, 0.717) is 38.0 Å². The quantitative estimate of drug-likeness (QED) is 0.120. The Labute approximate surface area is 290 Å². The van der Waals surface area contributed by atoms with E-state index in [1.807, 2.05) is 103 Å². The Hall–Kier alpha value is -3.51. The van der Waals surface area contributed by atoms with Crippen molar-refractivity contribution in [2.75, 3.05) is 6.61 Å². The number of carbonyl (C=O) groups is 1. The van der Waals surface area contributed by atoms with Crippen molar-refractivity contribution in [1.29, 1.82) is 0 Å². The molecule has 10 heteroatoms. The van der Waals surface area contributed by atoms with Crippen LogP contribution in [-0.4, -0.2) is 17.1 Å². The Kier molecular flexibility index (Phi) is 9.70. The van der Waals surface area contributed by atoms with Gasteiger partial charge in [-0.15, -0.1) is 0 Å². The Morgan fingerprint density at radius 3 is 2.49 bits per heavy atom. The molecule has 0 N–H and O–H groups in total. The summed E-state index contributed by atoms with van der Waals surface area (Å²) >= 11 is 13.3. The Morgan fingerprint density at radius 1 is 1.04 bits per heavy atom. The van der Waals surface area contributed by atoms with Crippen molar-refractivity contribution in [3.8, 4) is 5.75 Å². The first-order chi connectivity index (χ1) is 21.8. The molecule has 226 valence electrons. The van der Waals surface area contributed by atoms with Crippen LogP contribution in [0.25, 0.3) is 11.8 Å². The number of halogens is 3. The molecule has 1 aromatic heterocycles. The number of rotatable bonds is 8. The van der Waals surface area contributed by atoms with Crippen LogP contribution in [0.3, 0.4) is 0 Å². The van der Waals surface area contributed by atoms with Crippen LogP contribution in [0.2, 0.25) is 5.02 Å². The van der Waals surface area contributed by atoms with Gasteiger partial charge in [0.15, 0.2) is 4.80 Å². The zero-order valence-electron chi connectivity index (χ0n) is 23.9. The van der Waals surface area contributed by atoms with E-state index < -0.39 is 12.0 Å². The van der Waals surface area contributed by atoms with Gasteiger partial charge < -0.3 is 9.47 Å². The number of nitrogens with zero attached hydrogens (tertiary/aromatic N) is 2. The molecule has 0 fully saturated rings. The topological polar surface area (TPSA) is 69.9 Å². The molecular formula is C35H25BrClIN2O4S. The average molecular weight is 812 g/mol. The van der Waals surface area contributed by atoms with Crippen LogP contribution >= 0.6 is 61.5 Å². The number of hydrogen-bond donors (Lipinski definition) is 0. The summed E-state index contributed by atoms with van der Waals surface area (Å²) < 4.78 is 15.6. The van der Waals surface area contributed by atoms with Crippen LogP contribution < -0.4 is 19.6 Å². The smallest absolute Gasteiger partial charge is 0.338 e. The molecule has 0 saturated heterocycles. The Morgan fingerprint density at radius 2 is 1.78 bits per heavy atom. The fraction of sp³-hybridized carbons (Fsp3) is 0.114. The summed E-state index contributed by atoms with van der Waals surface area (Å²) in [5.74, 6) is 0.128. The highest BCUT2D eigenvalue weighted by Crippen LogP contribution is 2.35. The second-order valence-electron chi connectivity index (χ2n) is 10.1. The molecular weight excluding hydrogens is 787 g/mol. The normalized spacial score (nSPS) is 14.6.